The molecule has 112 valence electrons. The summed E-state index contributed by atoms with van der Waals surface area (Å²) in [6.07, 6.45) is 5.66. The van der Waals surface area contributed by atoms with Crippen molar-refractivity contribution in [2.24, 2.45) is 5.73 Å². The monoisotopic (exact) mass is 306 g/mol. The van der Waals surface area contributed by atoms with Crippen LogP contribution in [0.5, 0.6) is 0 Å². The molecule has 0 aliphatic heterocycles. The van der Waals surface area contributed by atoms with Gasteiger partial charge in [-0.1, -0.05) is 18.6 Å². The Morgan fingerprint density at radius 2 is 2.05 bits per heavy atom. The molecule has 1 rings (SSSR count). The van der Waals surface area contributed by atoms with Crippen molar-refractivity contribution in [3.05, 3.63) is 0 Å². The first-order chi connectivity index (χ1) is 8.71. The van der Waals surface area contributed by atoms with Gasteiger partial charge in [0.1, 0.15) is 9.84 Å². The molecule has 2 unspecified atom stereocenters. The van der Waals surface area contributed by atoms with E-state index >= 15 is 0 Å². The lowest BCUT2D eigenvalue weighted by molar-refractivity contribution is 0.125. The van der Waals surface area contributed by atoms with Crippen LogP contribution in [0.25, 0.3) is 0 Å². The molecular formula is C13H26N2O2S2. The fourth-order valence-electron chi connectivity index (χ4n) is 2.91. The van der Waals surface area contributed by atoms with Gasteiger partial charge < -0.3 is 5.73 Å². The molecule has 0 amide bonds. The van der Waals surface area contributed by atoms with Crippen LogP contribution < -0.4 is 5.73 Å². The fraction of sp³-hybridized carbons (Fsp3) is 0.923. The van der Waals surface area contributed by atoms with Crippen molar-refractivity contribution in [3.8, 4) is 0 Å². The number of nitrogens with two attached hydrogens (primary N) is 1. The standard InChI is InChI=1S/C13H26N2O2S2/c1-10(2)15(8-7-13(14)18)11-5-4-6-12(9-11)19(3,16)17/h10-12H,4-9H2,1-3H3,(H2,14,18). The molecule has 6 heteroatoms. The lowest BCUT2D eigenvalue weighted by Crippen LogP contribution is -2.46. The summed E-state index contributed by atoms with van der Waals surface area (Å²) in [4.78, 5) is 2.89. The van der Waals surface area contributed by atoms with Crippen molar-refractivity contribution in [1.82, 2.24) is 4.90 Å². The highest BCUT2D eigenvalue weighted by Crippen LogP contribution is 2.28. The second kappa shape index (κ2) is 6.99. The summed E-state index contributed by atoms with van der Waals surface area (Å²) in [5.74, 6) is 0. The quantitative estimate of drug-likeness (QED) is 0.757. The van der Waals surface area contributed by atoms with Crippen LogP contribution >= 0.6 is 12.2 Å². The number of rotatable bonds is 6. The zero-order valence-corrected chi connectivity index (χ0v) is 13.8. The van der Waals surface area contributed by atoms with Crippen LogP contribution in [-0.4, -0.2) is 48.4 Å². The third-order valence-corrected chi connectivity index (χ3v) is 5.80. The summed E-state index contributed by atoms with van der Waals surface area (Å²) < 4.78 is 23.5. The Bertz CT molecular complexity index is 407. The summed E-state index contributed by atoms with van der Waals surface area (Å²) in [5.41, 5.74) is 5.58. The molecule has 0 saturated heterocycles. The lowest BCUT2D eigenvalue weighted by Gasteiger charge is -2.39. The lowest BCUT2D eigenvalue weighted by atomic mass is 9.92. The second-order valence-electron chi connectivity index (χ2n) is 5.82. The average molecular weight is 306 g/mol. The van der Waals surface area contributed by atoms with Gasteiger partial charge in [0.2, 0.25) is 0 Å². The molecule has 0 aromatic heterocycles. The van der Waals surface area contributed by atoms with Crippen LogP contribution in [0.15, 0.2) is 0 Å². The van der Waals surface area contributed by atoms with E-state index < -0.39 is 9.84 Å². The zero-order valence-electron chi connectivity index (χ0n) is 12.1. The van der Waals surface area contributed by atoms with E-state index in [2.05, 4.69) is 18.7 Å². The molecule has 0 radical (unpaired) electrons. The smallest absolute Gasteiger partial charge is 0.150 e. The minimum atomic E-state index is -2.93. The molecule has 0 spiro atoms. The van der Waals surface area contributed by atoms with E-state index in [-0.39, 0.29) is 5.25 Å². The van der Waals surface area contributed by atoms with E-state index in [0.29, 0.717) is 23.5 Å². The van der Waals surface area contributed by atoms with E-state index in [1.54, 1.807) is 0 Å². The number of thiocarbonyl (C=S) groups is 1. The summed E-state index contributed by atoms with van der Waals surface area (Å²) in [5, 5.41) is -0.183. The number of sulfone groups is 1. The molecule has 0 aromatic carbocycles. The highest BCUT2D eigenvalue weighted by Gasteiger charge is 2.32. The van der Waals surface area contributed by atoms with E-state index in [1.807, 2.05) is 0 Å². The minimum Gasteiger partial charge on any atom is -0.393 e. The van der Waals surface area contributed by atoms with Crippen LogP contribution in [0, 0.1) is 0 Å². The number of hydrogen-bond donors (Lipinski definition) is 1. The normalized spacial score (nSPS) is 24.9. The van der Waals surface area contributed by atoms with Crippen LogP contribution in [0.3, 0.4) is 0 Å². The van der Waals surface area contributed by atoms with Gasteiger partial charge in [-0.3, -0.25) is 4.90 Å². The molecule has 1 aliphatic carbocycles. The van der Waals surface area contributed by atoms with Gasteiger partial charge in [0.15, 0.2) is 0 Å². The van der Waals surface area contributed by atoms with E-state index in [1.165, 1.54) is 6.26 Å². The molecule has 1 saturated carbocycles. The molecule has 0 aromatic rings. The van der Waals surface area contributed by atoms with Crippen molar-refractivity contribution in [2.45, 2.75) is 63.3 Å². The molecule has 0 heterocycles. The minimum absolute atomic E-state index is 0.183. The first kappa shape index (κ1) is 16.9. The van der Waals surface area contributed by atoms with Gasteiger partial charge >= 0.3 is 0 Å². The summed E-state index contributed by atoms with van der Waals surface area (Å²) in [6, 6.07) is 0.723. The van der Waals surface area contributed by atoms with Gasteiger partial charge in [0.25, 0.3) is 0 Å². The first-order valence-corrected chi connectivity index (χ1v) is 9.31. The van der Waals surface area contributed by atoms with Crippen LogP contribution in [0.1, 0.15) is 46.0 Å². The zero-order chi connectivity index (χ0) is 14.6. The van der Waals surface area contributed by atoms with Gasteiger partial charge in [-0.2, -0.15) is 0 Å². The maximum Gasteiger partial charge on any atom is 0.150 e. The van der Waals surface area contributed by atoms with Gasteiger partial charge in [0.05, 0.1) is 10.2 Å². The van der Waals surface area contributed by atoms with E-state index in [9.17, 15) is 8.42 Å². The van der Waals surface area contributed by atoms with Crippen LogP contribution in [0.4, 0.5) is 0 Å². The SMILES string of the molecule is CC(C)N(CCC(N)=S)C1CCCC(S(C)(=O)=O)C1. The predicted octanol–water partition coefficient (Wildman–Crippen LogP) is 1.73. The highest BCUT2D eigenvalue weighted by atomic mass is 32.2. The second-order valence-corrected chi connectivity index (χ2v) is 8.67. The molecule has 2 N–H and O–H groups in total. The van der Waals surface area contributed by atoms with Crippen molar-refractivity contribution in [2.75, 3.05) is 12.8 Å². The Hall–Kier alpha value is -0.200. The molecule has 4 nitrogen and oxygen atoms in total. The van der Waals surface area contributed by atoms with E-state index in [4.69, 9.17) is 18.0 Å². The van der Waals surface area contributed by atoms with E-state index in [0.717, 1.165) is 32.2 Å². The Morgan fingerprint density at radius 1 is 1.42 bits per heavy atom. The third kappa shape index (κ3) is 5.36. The van der Waals surface area contributed by atoms with Gasteiger partial charge in [-0.25, -0.2) is 8.42 Å². The first-order valence-electron chi connectivity index (χ1n) is 6.94. The third-order valence-electron chi connectivity index (χ3n) is 3.95. The van der Waals surface area contributed by atoms with Gasteiger partial charge in [0, 0.05) is 31.3 Å². The van der Waals surface area contributed by atoms with Crippen molar-refractivity contribution in [1.29, 1.82) is 0 Å². The van der Waals surface area contributed by atoms with Gasteiger partial charge in [-0.15, -0.1) is 0 Å². The maximum atomic E-state index is 11.7. The molecule has 0 bridgehead atoms. The predicted molar refractivity (Wildman–Crippen MR) is 84.1 cm³/mol. The number of hydrogen-bond acceptors (Lipinski definition) is 4. The summed E-state index contributed by atoms with van der Waals surface area (Å²) in [7, 11) is -2.93. The topological polar surface area (TPSA) is 63.4 Å². The molecule has 1 aliphatic rings. The molecule has 19 heavy (non-hydrogen) atoms. The largest absolute Gasteiger partial charge is 0.393 e. The molecular weight excluding hydrogens is 280 g/mol. The van der Waals surface area contributed by atoms with Crippen molar-refractivity contribution in [3.63, 3.8) is 0 Å². The Kier molecular flexibility index (Phi) is 6.20. The summed E-state index contributed by atoms with van der Waals surface area (Å²) >= 11 is 4.94. The highest BCUT2D eigenvalue weighted by molar-refractivity contribution is 7.91. The molecule has 1 fully saturated rings. The Morgan fingerprint density at radius 3 is 2.53 bits per heavy atom. The van der Waals surface area contributed by atoms with Crippen molar-refractivity contribution < 1.29 is 8.42 Å². The van der Waals surface area contributed by atoms with Crippen molar-refractivity contribution >= 4 is 27.0 Å². The average Bonchev–Trinajstić information content (AvgIpc) is 2.27. The maximum absolute atomic E-state index is 11.7. The fourth-order valence-corrected chi connectivity index (χ4v) is 4.17. The number of nitrogens with zero attached hydrogens (tertiary/aromatic N) is 1. The Labute approximate surface area is 122 Å². The summed E-state index contributed by atoms with van der Waals surface area (Å²) in [6.45, 7) is 5.11. The molecule has 2 atom stereocenters. The van der Waals surface area contributed by atoms with Gasteiger partial charge in [-0.05, 0) is 33.1 Å². The van der Waals surface area contributed by atoms with Crippen LogP contribution in [-0.2, 0) is 9.84 Å². The van der Waals surface area contributed by atoms with Crippen LogP contribution in [0.2, 0.25) is 0 Å². The Balaban J connectivity index is 2.71.